The summed E-state index contributed by atoms with van der Waals surface area (Å²) < 4.78 is 5.36. The molecule has 1 saturated heterocycles. The molecule has 1 aliphatic rings. The summed E-state index contributed by atoms with van der Waals surface area (Å²) in [5.41, 5.74) is 5.65. The summed E-state index contributed by atoms with van der Waals surface area (Å²) in [6, 6.07) is 0. The number of nitrogens with zero attached hydrogens (tertiary/aromatic N) is 2. The average Bonchev–Trinajstić information content (AvgIpc) is 2.27. The van der Waals surface area contributed by atoms with Crippen LogP contribution in [0.15, 0.2) is 0 Å². The Balaban J connectivity index is 2.37. The van der Waals surface area contributed by atoms with Gasteiger partial charge in [0.2, 0.25) is 0 Å². The lowest BCUT2D eigenvalue weighted by molar-refractivity contribution is 0.0101. The van der Waals surface area contributed by atoms with Crippen LogP contribution in [0.25, 0.3) is 0 Å². The second kappa shape index (κ2) is 6.38. The monoisotopic (exact) mass is 257 g/mol. The summed E-state index contributed by atoms with van der Waals surface area (Å²) in [5.74, 6) is 0. The molecule has 18 heavy (non-hydrogen) atoms. The third-order valence-electron chi connectivity index (χ3n) is 3.02. The third-order valence-corrected chi connectivity index (χ3v) is 3.02. The molecule has 0 aromatic heterocycles. The van der Waals surface area contributed by atoms with E-state index in [1.54, 1.807) is 4.90 Å². The molecule has 0 aliphatic carbocycles. The van der Waals surface area contributed by atoms with Crippen molar-refractivity contribution in [3.05, 3.63) is 0 Å². The Kier molecular flexibility index (Phi) is 5.41. The highest BCUT2D eigenvalue weighted by molar-refractivity contribution is 5.68. The molecule has 0 radical (unpaired) electrons. The Bertz CT molecular complexity index is 268. The lowest BCUT2D eigenvalue weighted by atomic mass is 10.2. The lowest BCUT2D eigenvalue weighted by Crippen LogP contribution is -2.55. The zero-order valence-corrected chi connectivity index (χ0v) is 12.1. The van der Waals surface area contributed by atoms with E-state index in [1.165, 1.54) is 0 Å². The van der Waals surface area contributed by atoms with Crippen LogP contribution in [0, 0.1) is 0 Å². The van der Waals surface area contributed by atoms with Gasteiger partial charge in [-0.3, -0.25) is 4.90 Å². The molecule has 1 unspecified atom stereocenters. The average molecular weight is 257 g/mol. The van der Waals surface area contributed by atoms with Gasteiger partial charge in [-0.2, -0.15) is 0 Å². The zero-order valence-electron chi connectivity index (χ0n) is 12.1. The second-order valence-electron chi connectivity index (χ2n) is 5.86. The van der Waals surface area contributed by atoms with Gasteiger partial charge in [-0.1, -0.05) is 13.3 Å². The molecule has 0 spiro atoms. The maximum atomic E-state index is 11.9. The number of carbonyl (C=O) groups excluding carboxylic acids is 1. The summed E-state index contributed by atoms with van der Waals surface area (Å²) in [5, 5.41) is 0. The van der Waals surface area contributed by atoms with Crippen LogP contribution in [0.5, 0.6) is 0 Å². The molecule has 1 fully saturated rings. The first-order valence-electron chi connectivity index (χ1n) is 6.81. The number of hydrogen-bond donors (Lipinski definition) is 1. The molecule has 1 amide bonds. The van der Waals surface area contributed by atoms with E-state index in [9.17, 15) is 4.79 Å². The maximum Gasteiger partial charge on any atom is 0.410 e. The van der Waals surface area contributed by atoms with Crippen LogP contribution >= 0.6 is 0 Å². The third kappa shape index (κ3) is 4.82. The highest BCUT2D eigenvalue weighted by atomic mass is 16.6. The summed E-state index contributed by atoms with van der Waals surface area (Å²) in [4.78, 5) is 15.9. The highest BCUT2D eigenvalue weighted by Crippen LogP contribution is 2.13. The molecular weight excluding hydrogens is 230 g/mol. The van der Waals surface area contributed by atoms with Crippen molar-refractivity contribution in [2.75, 3.05) is 26.2 Å². The van der Waals surface area contributed by atoms with E-state index in [0.717, 1.165) is 25.9 Å². The lowest BCUT2D eigenvalue weighted by Gasteiger charge is -2.38. The van der Waals surface area contributed by atoms with Crippen molar-refractivity contribution < 1.29 is 9.53 Å². The molecule has 0 aromatic rings. The highest BCUT2D eigenvalue weighted by Gasteiger charge is 2.27. The molecule has 106 valence electrons. The van der Waals surface area contributed by atoms with Crippen LogP contribution in [0.2, 0.25) is 0 Å². The Labute approximate surface area is 110 Å². The minimum atomic E-state index is -0.424. The number of piperazine rings is 1. The minimum absolute atomic E-state index is 0.121. The second-order valence-corrected chi connectivity index (χ2v) is 5.86. The van der Waals surface area contributed by atoms with E-state index < -0.39 is 5.60 Å². The van der Waals surface area contributed by atoms with Crippen molar-refractivity contribution in [3.8, 4) is 0 Å². The largest absolute Gasteiger partial charge is 0.444 e. The molecule has 0 bridgehead atoms. The molecule has 1 aliphatic heterocycles. The summed E-state index contributed by atoms with van der Waals surface area (Å²) in [6.07, 6.45) is 2.00. The Morgan fingerprint density at radius 3 is 2.28 bits per heavy atom. The minimum Gasteiger partial charge on any atom is -0.444 e. The standard InChI is InChI=1S/C13H27N3O2/c1-5-6-11(14)15-7-9-16(10-8-15)12(17)18-13(2,3)4/h11H,5-10,14H2,1-4H3. The van der Waals surface area contributed by atoms with Crippen molar-refractivity contribution in [2.24, 2.45) is 5.73 Å². The number of rotatable bonds is 3. The first-order valence-corrected chi connectivity index (χ1v) is 6.81. The van der Waals surface area contributed by atoms with Gasteiger partial charge in [-0.15, -0.1) is 0 Å². The van der Waals surface area contributed by atoms with E-state index in [2.05, 4.69) is 11.8 Å². The predicted octanol–water partition coefficient (Wildman–Crippen LogP) is 1.62. The van der Waals surface area contributed by atoms with Gasteiger partial charge in [0.05, 0.1) is 6.17 Å². The van der Waals surface area contributed by atoms with Gasteiger partial charge in [-0.25, -0.2) is 4.79 Å². The van der Waals surface area contributed by atoms with Crippen LogP contribution in [0.3, 0.4) is 0 Å². The Hall–Kier alpha value is -0.810. The normalized spacial score (nSPS) is 19.7. The summed E-state index contributed by atoms with van der Waals surface area (Å²) in [6.45, 7) is 10.9. The zero-order chi connectivity index (χ0) is 13.8. The van der Waals surface area contributed by atoms with Gasteiger partial charge < -0.3 is 15.4 Å². The van der Waals surface area contributed by atoms with Gasteiger partial charge >= 0.3 is 6.09 Å². The van der Waals surface area contributed by atoms with Crippen molar-refractivity contribution in [3.63, 3.8) is 0 Å². The van der Waals surface area contributed by atoms with E-state index in [-0.39, 0.29) is 12.3 Å². The van der Waals surface area contributed by atoms with Gasteiger partial charge in [0.1, 0.15) is 5.60 Å². The fourth-order valence-electron chi connectivity index (χ4n) is 2.04. The molecule has 5 nitrogen and oxygen atoms in total. The summed E-state index contributed by atoms with van der Waals surface area (Å²) >= 11 is 0. The van der Waals surface area contributed by atoms with Gasteiger partial charge in [0.25, 0.3) is 0 Å². The smallest absolute Gasteiger partial charge is 0.410 e. The Morgan fingerprint density at radius 2 is 1.83 bits per heavy atom. The maximum absolute atomic E-state index is 11.9. The van der Waals surface area contributed by atoms with Crippen LogP contribution in [-0.4, -0.2) is 53.8 Å². The SMILES string of the molecule is CCCC(N)N1CCN(C(=O)OC(C)(C)C)CC1. The molecule has 5 heteroatoms. The fourth-order valence-corrected chi connectivity index (χ4v) is 2.04. The number of ether oxygens (including phenoxy) is 1. The topological polar surface area (TPSA) is 58.8 Å². The van der Waals surface area contributed by atoms with Crippen LogP contribution < -0.4 is 5.73 Å². The van der Waals surface area contributed by atoms with Crippen molar-refractivity contribution in [1.82, 2.24) is 9.80 Å². The van der Waals surface area contributed by atoms with Crippen LogP contribution in [0.4, 0.5) is 4.79 Å². The molecule has 2 N–H and O–H groups in total. The van der Waals surface area contributed by atoms with Crippen molar-refractivity contribution >= 4 is 6.09 Å². The molecule has 1 atom stereocenters. The number of nitrogens with two attached hydrogens (primary N) is 1. The molecule has 0 saturated carbocycles. The van der Waals surface area contributed by atoms with Gasteiger partial charge in [0.15, 0.2) is 0 Å². The van der Waals surface area contributed by atoms with Gasteiger partial charge in [-0.05, 0) is 27.2 Å². The molecule has 1 rings (SSSR count). The van der Waals surface area contributed by atoms with Crippen molar-refractivity contribution in [2.45, 2.75) is 52.3 Å². The van der Waals surface area contributed by atoms with E-state index in [1.807, 2.05) is 20.8 Å². The number of hydrogen-bond acceptors (Lipinski definition) is 4. The molecular formula is C13H27N3O2. The quantitative estimate of drug-likeness (QED) is 0.834. The van der Waals surface area contributed by atoms with Crippen LogP contribution in [-0.2, 0) is 4.74 Å². The van der Waals surface area contributed by atoms with Crippen LogP contribution in [0.1, 0.15) is 40.5 Å². The van der Waals surface area contributed by atoms with E-state index in [0.29, 0.717) is 13.1 Å². The van der Waals surface area contributed by atoms with E-state index in [4.69, 9.17) is 10.5 Å². The molecule has 0 aromatic carbocycles. The number of amides is 1. The number of carbonyl (C=O) groups is 1. The van der Waals surface area contributed by atoms with Crippen molar-refractivity contribution in [1.29, 1.82) is 0 Å². The van der Waals surface area contributed by atoms with Gasteiger partial charge in [0, 0.05) is 26.2 Å². The first-order chi connectivity index (χ1) is 8.33. The first kappa shape index (κ1) is 15.2. The fraction of sp³-hybridized carbons (Fsp3) is 0.923. The van der Waals surface area contributed by atoms with E-state index >= 15 is 0 Å². The Morgan fingerprint density at radius 1 is 1.28 bits per heavy atom. The predicted molar refractivity (Wildman–Crippen MR) is 72.3 cm³/mol. The molecule has 1 heterocycles. The summed E-state index contributed by atoms with van der Waals surface area (Å²) in [7, 11) is 0.